The summed E-state index contributed by atoms with van der Waals surface area (Å²) >= 11 is 6.98. The molecule has 0 aromatic heterocycles. The summed E-state index contributed by atoms with van der Waals surface area (Å²) in [5, 5.41) is 11.4. The second-order valence-electron chi connectivity index (χ2n) is 15.2. The number of ketones is 2. The van der Waals surface area contributed by atoms with Crippen LogP contribution in [0.25, 0.3) is 0 Å². The molecule has 4 aliphatic rings. The molecule has 250 valence electrons. The average molecular weight is 661 g/mol. The van der Waals surface area contributed by atoms with Gasteiger partial charge in [-0.2, -0.15) is 0 Å². The van der Waals surface area contributed by atoms with E-state index in [1.165, 1.54) is 18.6 Å². The highest BCUT2D eigenvalue weighted by Crippen LogP contribution is 2.56. The molecule has 47 heavy (non-hydrogen) atoms. The van der Waals surface area contributed by atoms with Gasteiger partial charge in [0.1, 0.15) is 6.61 Å². The molecule has 9 heteroatoms. The number of non-ortho nitro benzene ring substituents is 1. The SMILES string of the molecule is CCOc1cc(C2C3=C(CC(C)(C)CC3=O)N(C3CCCCC3)C3=C2C(=O)CC(C)(C)C3)cc(Cl)c1OCc1ccc([N+](=O)[O-])cc1. The molecule has 2 aromatic carbocycles. The predicted octanol–water partition coefficient (Wildman–Crippen LogP) is 9.24. The number of allylic oxidation sites excluding steroid dienone is 4. The standard InChI is InChI=1S/C38H45ClN2O6/c1-6-46-32-17-24(16-27(39)36(32)47-22-23-12-14-26(15-13-23)41(44)45)33-34-28(18-37(2,3)20-30(34)42)40(25-10-8-7-9-11-25)29-19-38(4,5)21-31(43)35(29)33/h12-17,25,33H,6-11,18-22H2,1-5H3. The molecule has 1 aliphatic heterocycles. The first-order valence-electron chi connectivity index (χ1n) is 16.9. The van der Waals surface area contributed by atoms with Gasteiger partial charge in [-0.05, 0) is 78.8 Å². The second kappa shape index (κ2) is 12.8. The Labute approximate surface area is 282 Å². The fourth-order valence-electron chi connectivity index (χ4n) is 8.14. The third-order valence-corrected chi connectivity index (χ3v) is 10.4. The first-order chi connectivity index (χ1) is 22.3. The Bertz CT molecular complexity index is 1610. The number of carbonyl (C=O) groups is 2. The molecule has 1 heterocycles. The lowest BCUT2D eigenvalue weighted by Crippen LogP contribution is -2.48. The van der Waals surface area contributed by atoms with Crippen LogP contribution in [0, 0.1) is 20.9 Å². The van der Waals surface area contributed by atoms with Crippen LogP contribution in [-0.2, 0) is 16.2 Å². The Morgan fingerprint density at radius 2 is 1.45 bits per heavy atom. The number of nitro groups is 1. The van der Waals surface area contributed by atoms with Crippen LogP contribution in [0.1, 0.15) is 109 Å². The monoisotopic (exact) mass is 660 g/mol. The van der Waals surface area contributed by atoms with Crippen molar-refractivity contribution in [2.75, 3.05) is 6.61 Å². The van der Waals surface area contributed by atoms with Gasteiger partial charge in [-0.25, -0.2) is 0 Å². The van der Waals surface area contributed by atoms with Gasteiger partial charge in [-0.3, -0.25) is 19.7 Å². The fraction of sp³-hybridized carbons (Fsp3) is 0.526. The maximum atomic E-state index is 14.3. The van der Waals surface area contributed by atoms with E-state index in [0.29, 0.717) is 36.0 Å². The van der Waals surface area contributed by atoms with E-state index < -0.39 is 10.8 Å². The first-order valence-corrected chi connectivity index (χ1v) is 17.3. The third-order valence-electron chi connectivity index (χ3n) is 10.1. The molecule has 3 aliphatic carbocycles. The number of hydrogen-bond acceptors (Lipinski definition) is 7. The van der Waals surface area contributed by atoms with Crippen LogP contribution in [0.5, 0.6) is 11.5 Å². The zero-order valence-electron chi connectivity index (χ0n) is 28.1. The van der Waals surface area contributed by atoms with Crippen LogP contribution in [0.3, 0.4) is 0 Å². The van der Waals surface area contributed by atoms with Crippen molar-refractivity contribution in [2.45, 2.75) is 111 Å². The minimum absolute atomic E-state index is 0.00400. The molecule has 0 amide bonds. The maximum Gasteiger partial charge on any atom is 0.269 e. The third kappa shape index (κ3) is 6.58. The van der Waals surface area contributed by atoms with E-state index in [-0.39, 0.29) is 40.7 Å². The van der Waals surface area contributed by atoms with Crippen molar-refractivity contribution >= 4 is 28.9 Å². The molecule has 8 nitrogen and oxygen atoms in total. The summed E-state index contributed by atoms with van der Waals surface area (Å²) in [7, 11) is 0. The Morgan fingerprint density at radius 3 is 1.98 bits per heavy atom. The molecule has 0 unspecified atom stereocenters. The first kappa shape index (κ1) is 33.3. The van der Waals surface area contributed by atoms with Crippen molar-refractivity contribution in [2.24, 2.45) is 10.8 Å². The van der Waals surface area contributed by atoms with Gasteiger partial charge in [-0.15, -0.1) is 0 Å². The molecule has 0 bridgehead atoms. The number of benzene rings is 2. The molecule has 0 saturated heterocycles. The number of nitro benzene ring substituents is 1. The minimum atomic E-state index is -0.535. The van der Waals surface area contributed by atoms with Crippen molar-refractivity contribution in [3.63, 3.8) is 0 Å². The van der Waals surface area contributed by atoms with Crippen LogP contribution < -0.4 is 9.47 Å². The summed E-state index contributed by atoms with van der Waals surface area (Å²) in [5.41, 5.74) is 4.75. The van der Waals surface area contributed by atoms with E-state index in [9.17, 15) is 19.7 Å². The lowest BCUT2D eigenvalue weighted by Gasteiger charge is -2.52. The molecule has 0 spiro atoms. The quantitative estimate of drug-likeness (QED) is 0.206. The van der Waals surface area contributed by atoms with E-state index in [0.717, 1.165) is 72.2 Å². The van der Waals surface area contributed by atoms with Crippen molar-refractivity contribution in [3.8, 4) is 11.5 Å². The normalized spacial score (nSPS) is 21.4. The van der Waals surface area contributed by atoms with Crippen molar-refractivity contribution in [1.82, 2.24) is 4.90 Å². The molecular formula is C38H45ClN2O6. The number of ether oxygens (including phenoxy) is 2. The van der Waals surface area contributed by atoms with E-state index in [2.05, 4.69) is 32.6 Å². The summed E-state index contributed by atoms with van der Waals surface area (Å²) < 4.78 is 12.2. The van der Waals surface area contributed by atoms with Crippen molar-refractivity contribution in [1.29, 1.82) is 0 Å². The highest BCUT2D eigenvalue weighted by atomic mass is 35.5. The summed E-state index contributed by atoms with van der Waals surface area (Å²) in [6, 6.07) is 10.2. The van der Waals surface area contributed by atoms with E-state index >= 15 is 0 Å². The topological polar surface area (TPSA) is 99.0 Å². The van der Waals surface area contributed by atoms with Gasteiger partial charge in [0.05, 0.1) is 16.6 Å². The number of Topliss-reactive ketones (excluding diaryl/α,β-unsaturated/α-hetero) is 2. The van der Waals surface area contributed by atoms with Gasteiger partial charge in [0.25, 0.3) is 5.69 Å². The van der Waals surface area contributed by atoms with Gasteiger partial charge in [0.2, 0.25) is 0 Å². The molecule has 1 saturated carbocycles. The van der Waals surface area contributed by atoms with Crippen LogP contribution in [0.15, 0.2) is 58.9 Å². The van der Waals surface area contributed by atoms with Gasteiger partial charge < -0.3 is 14.4 Å². The maximum absolute atomic E-state index is 14.3. The Morgan fingerprint density at radius 1 is 0.872 bits per heavy atom. The fourth-order valence-corrected chi connectivity index (χ4v) is 8.41. The van der Waals surface area contributed by atoms with Crippen LogP contribution in [0.4, 0.5) is 5.69 Å². The van der Waals surface area contributed by atoms with Crippen LogP contribution in [0.2, 0.25) is 5.02 Å². The average Bonchev–Trinajstić information content (AvgIpc) is 2.99. The van der Waals surface area contributed by atoms with E-state index in [4.69, 9.17) is 21.1 Å². The van der Waals surface area contributed by atoms with Crippen LogP contribution >= 0.6 is 11.6 Å². The zero-order valence-corrected chi connectivity index (χ0v) is 28.9. The molecule has 0 N–H and O–H groups in total. The van der Waals surface area contributed by atoms with E-state index in [1.807, 2.05) is 19.1 Å². The number of rotatable bonds is 8. The predicted molar refractivity (Wildman–Crippen MR) is 182 cm³/mol. The highest BCUT2D eigenvalue weighted by molar-refractivity contribution is 6.32. The lowest BCUT2D eigenvalue weighted by atomic mass is 9.63. The number of hydrogen-bond donors (Lipinski definition) is 0. The van der Waals surface area contributed by atoms with Gasteiger partial charge in [0.15, 0.2) is 23.1 Å². The molecular weight excluding hydrogens is 616 g/mol. The molecule has 2 aromatic rings. The summed E-state index contributed by atoms with van der Waals surface area (Å²) in [5.74, 6) is 0.444. The Hall–Kier alpha value is -3.65. The molecule has 0 radical (unpaired) electrons. The number of halogens is 1. The van der Waals surface area contributed by atoms with Gasteiger partial charge >= 0.3 is 0 Å². The summed E-state index contributed by atoms with van der Waals surface area (Å²) in [4.78, 5) is 41.7. The molecule has 6 rings (SSSR count). The molecule has 1 fully saturated rings. The Kier molecular flexibility index (Phi) is 9.02. The summed E-state index contributed by atoms with van der Waals surface area (Å²) in [6.45, 7) is 11.0. The number of nitrogens with zero attached hydrogens (tertiary/aromatic N) is 2. The van der Waals surface area contributed by atoms with Gasteiger partial charge in [-0.1, -0.05) is 58.6 Å². The van der Waals surface area contributed by atoms with Crippen molar-refractivity contribution < 1.29 is 24.0 Å². The summed E-state index contributed by atoms with van der Waals surface area (Å²) in [6.07, 6.45) is 8.03. The lowest BCUT2D eigenvalue weighted by molar-refractivity contribution is -0.384. The minimum Gasteiger partial charge on any atom is -0.490 e. The van der Waals surface area contributed by atoms with Gasteiger partial charge in [0, 0.05) is 59.5 Å². The second-order valence-corrected chi connectivity index (χ2v) is 15.6. The molecule has 0 atom stereocenters. The van der Waals surface area contributed by atoms with Crippen molar-refractivity contribution in [3.05, 3.63) is 85.2 Å². The smallest absolute Gasteiger partial charge is 0.269 e. The largest absolute Gasteiger partial charge is 0.490 e. The number of carbonyl (C=O) groups excluding carboxylic acids is 2. The van der Waals surface area contributed by atoms with E-state index in [1.54, 1.807) is 12.1 Å². The van der Waals surface area contributed by atoms with Crippen LogP contribution in [-0.4, -0.2) is 34.0 Å². The Balaban J connectivity index is 1.47. The zero-order chi connectivity index (χ0) is 33.7. The highest BCUT2D eigenvalue weighted by Gasteiger charge is 2.50.